The van der Waals surface area contributed by atoms with Crippen LogP contribution in [-0.2, 0) is 0 Å². The van der Waals surface area contributed by atoms with Gasteiger partial charge in [-0.3, -0.25) is 0 Å². The maximum Gasteiger partial charge on any atom is 0.0462 e. The van der Waals surface area contributed by atoms with Crippen LogP contribution in [0.5, 0.6) is 0 Å². The van der Waals surface area contributed by atoms with E-state index in [1.807, 2.05) is 18.2 Å². The summed E-state index contributed by atoms with van der Waals surface area (Å²) in [4.78, 5) is 2.23. The van der Waals surface area contributed by atoms with Crippen LogP contribution in [0.1, 0.15) is 5.56 Å². The average Bonchev–Trinajstić information content (AvgIpc) is 2.59. The molecule has 0 bridgehead atoms. The van der Waals surface area contributed by atoms with Gasteiger partial charge in [0.15, 0.2) is 0 Å². The molecule has 0 aromatic heterocycles. The zero-order valence-electron chi connectivity index (χ0n) is 12.3. The molecule has 108 valence electrons. The largest absolute Gasteiger partial charge is 0.405 e. The number of para-hydroxylation sites is 2. The van der Waals surface area contributed by atoms with Gasteiger partial charge in [0.1, 0.15) is 0 Å². The first-order chi connectivity index (χ1) is 10.9. The summed E-state index contributed by atoms with van der Waals surface area (Å²) < 4.78 is 0. The minimum Gasteiger partial charge on any atom is -0.405 e. The van der Waals surface area contributed by atoms with Crippen molar-refractivity contribution in [1.29, 1.82) is 0 Å². The molecule has 0 saturated carbocycles. The second-order valence-corrected chi connectivity index (χ2v) is 4.96. The molecule has 0 aliphatic carbocycles. The van der Waals surface area contributed by atoms with E-state index in [1.54, 1.807) is 6.20 Å². The van der Waals surface area contributed by atoms with Crippen LogP contribution in [0.3, 0.4) is 0 Å². The van der Waals surface area contributed by atoms with Crippen molar-refractivity contribution in [1.82, 2.24) is 0 Å². The summed E-state index contributed by atoms with van der Waals surface area (Å²) in [7, 11) is 0. The second kappa shape index (κ2) is 6.64. The van der Waals surface area contributed by atoms with Gasteiger partial charge in [-0.1, -0.05) is 48.5 Å². The van der Waals surface area contributed by atoms with Crippen LogP contribution in [0.2, 0.25) is 0 Å². The second-order valence-electron chi connectivity index (χ2n) is 4.96. The summed E-state index contributed by atoms with van der Waals surface area (Å²) in [6, 6.07) is 29.1. The number of hydrogen-bond acceptors (Lipinski definition) is 2. The topological polar surface area (TPSA) is 29.3 Å². The highest BCUT2D eigenvalue weighted by Crippen LogP contribution is 2.33. The first kappa shape index (κ1) is 14.0. The predicted octanol–water partition coefficient (Wildman–Crippen LogP) is 5.09. The SMILES string of the molecule is N/C=C/c1ccc(N(c2ccccc2)c2ccccc2)cc1. The zero-order chi connectivity index (χ0) is 15.2. The molecule has 0 unspecified atom stereocenters. The molecule has 0 radical (unpaired) electrons. The van der Waals surface area contributed by atoms with Crippen LogP contribution in [0.25, 0.3) is 6.08 Å². The highest BCUT2D eigenvalue weighted by Gasteiger charge is 2.10. The van der Waals surface area contributed by atoms with Gasteiger partial charge in [-0.15, -0.1) is 0 Å². The Bertz CT molecular complexity index is 692. The highest BCUT2D eigenvalue weighted by atomic mass is 15.1. The Labute approximate surface area is 131 Å². The van der Waals surface area contributed by atoms with E-state index in [0.29, 0.717) is 0 Å². The normalized spacial score (nSPS) is 10.7. The number of anilines is 3. The Kier molecular flexibility index (Phi) is 4.21. The van der Waals surface area contributed by atoms with E-state index >= 15 is 0 Å². The molecule has 0 amide bonds. The third kappa shape index (κ3) is 3.01. The van der Waals surface area contributed by atoms with Crippen molar-refractivity contribution in [2.75, 3.05) is 4.90 Å². The summed E-state index contributed by atoms with van der Waals surface area (Å²) >= 11 is 0. The molecule has 0 fully saturated rings. The van der Waals surface area contributed by atoms with Crippen molar-refractivity contribution in [2.45, 2.75) is 0 Å². The van der Waals surface area contributed by atoms with Gasteiger partial charge in [0.25, 0.3) is 0 Å². The average molecular weight is 286 g/mol. The lowest BCUT2D eigenvalue weighted by atomic mass is 10.1. The summed E-state index contributed by atoms with van der Waals surface area (Å²) in [5.41, 5.74) is 9.93. The van der Waals surface area contributed by atoms with Crippen LogP contribution in [-0.4, -0.2) is 0 Å². The minimum absolute atomic E-state index is 1.09. The van der Waals surface area contributed by atoms with E-state index in [9.17, 15) is 0 Å². The lowest BCUT2D eigenvalue weighted by Gasteiger charge is -2.25. The maximum atomic E-state index is 5.45. The van der Waals surface area contributed by atoms with Crippen LogP contribution in [0, 0.1) is 0 Å². The third-order valence-corrected chi connectivity index (χ3v) is 3.47. The molecule has 3 rings (SSSR count). The van der Waals surface area contributed by atoms with E-state index in [1.165, 1.54) is 0 Å². The van der Waals surface area contributed by atoms with Crippen molar-refractivity contribution < 1.29 is 0 Å². The molecule has 2 heteroatoms. The van der Waals surface area contributed by atoms with Crippen molar-refractivity contribution in [2.24, 2.45) is 5.73 Å². The van der Waals surface area contributed by atoms with E-state index in [4.69, 9.17) is 5.73 Å². The first-order valence-corrected chi connectivity index (χ1v) is 7.27. The summed E-state index contributed by atoms with van der Waals surface area (Å²) in [6.07, 6.45) is 3.44. The van der Waals surface area contributed by atoms with Crippen molar-refractivity contribution in [3.8, 4) is 0 Å². The Balaban J connectivity index is 2.06. The van der Waals surface area contributed by atoms with Gasteiger partial charge in [0.2, 0.25) is 0 Å². The number of hydrogen-bond donors (Lipinski definition) is 1. The van der Waals surface area contributed by atoms with Crippen LogP contribution in [0.15, 0.2) is 91.1 Å². The fraction of sp³-hybridized carbons (Fsp3) is 0. The standard InChI is InChI=1S/C20H18N2/c21-16-15-17-11-13-20(14-12-17)22(18-7-3-1-4-8-18)19-9-5-2-6-10-19/h1-16H,21H2/b16-15+. The van der Waals surface area contributed by atoms with Gasteiger partial charge in [0, 0.05) is 17.1 Å². The molecule has 0 heterocycles. The number of nitrogens with zero attached hydrogens (tertiary/aromatic N) is 1. The van der Waals surface area contributed by atoms with E-state index in [-0.39, 0.29) is 0 Å². The minimum atomic E-state index is 1.09. The van der Waals surface area contributed by atoms with Crippen LogP contribution < -0.4 is 10.6 Å². The van der Waals surface area contributed by atoms with Crippen LogP contribution >= 0.6 is 0 Å². The number of benzene rings is 3. The molecule has 0 saturated heterocycles. The van der Waals surface area contributed by atoms with Gasteiger partial charge in [-0.25, -0.2) is 0 Å². The fourth-order valence-corrected chi connectivity index (χ4v) is 2.45. The van der Waals surface area contributed by atoms with Crippen molar-refractivity contribution >= 4 is 23.1 Å². The summed E-state index contributed by atoms with van der Waals surface area (Å²) in [5, 5.41) is 0. The lowest BCUT2D eigenvalue weighted by molar-refractivity contribution is 1.28. The summed E-state index contributed by atoms with van der Waals surface area (Å²) in [6.45, 7) is 0. The van der Waals surface area contributed by atoms with Gasteiger partial charge in [0.05, 0.1) is 0 Å². The molecule has 0 atom stereocenters. The quantitative estimate of drug-likeness (QED) is 0.724. The molecular formula is C20H18N2. The van der Waals surface area contributed by atoms with E-state index < -0.39 is 0 Å². The lowest BCUT2D eigenvalue weighted by Crippen LogP contribution is -2.09. The number of rotatable bonds is 4. The highest BCUT2D eigenvalue weighted by molar-refractivity contribution is 5.76. The van der Waals surface area contributed by atoms with Gasteiger partial charge in [-0.05, 0) is 54.2 Å². The van der Waals surface area contributed by atoms with E-state index in [2.05, 4.69) is 77.7 Å². The van der Waals surface area contributed by atoms with E-state index in [0.717, 1.165) is 22.6 Å². The van der Waals surface area contributed by atoms with Crippen molar-refractivity contribution in [3.63, 3.8) is 0 Å². The van der Waals surface area contributed by atoms with Crippen molar-refractivity contribution in [3.05, 3.63) is 96.7 Å². The van der Waals surface area contributed by atoms with Crippen LogP contribution in [0.4, 0.5) is 17.1 Å². The molecule has 22 heavy (non-hydrogen) atoms. The molecule has 0 spiro atoms. The molecular weight excluding hydrogens is 268 g/mol. The Hall–Kier alpha value is -3.00. The summed E-state index contributed by atoms with van der Waals surface area (Å²) in [5.74, 6) is 0. The third-order valence-electron chi connectivity index (χ3n) is 3.47. The first-order valence-electron chi connectivity index (χ1n) is 7.27. The van der Waals surface area contributed by atoms with Gasteiger partial charge >= 0.3 is 0 Å². The Morgan fingerprint density at radius 3 is 1.50 bits per heavy atom. The monoisotopic (exact) mass is 286 g/mol. The smallest absolute Gasteiger partial charge is 0.0462 e. The van der Waals surface area contributed by atoms with Gasteiger partial charge < -0.3 is 10.6 Å². The Morgan fingerprint density at radius 1 is 0.591 bits per heavy atom. The molecule has 3 aromatic rings. The molecule has 2 N–H and O–H groups in total. The zero-order valence-corrected chi connectivity index (χ0v) is 12.3. The fourth-order valence-electron chi connectivity index (χ4n) is 2.45. The molecule has 3 aromatic carbocycles. The molecule has 0 aliphatic heterocycles. The molecule has 0 aliphatic rings. The maximum absolute atomic E-state index is 5.45. The van der Waals surface area contributed by atoms with Gasteiger partial charge in [-0.2, -0.15) is 0 Å². The number of nitrogens with two attached hydrogens (primary N) is 1. The Morgan fingerprint density at radius 2 is 1.05 bits per heavy atom. The predicted molar refractivity (Wildman–Crippen MR) is 94.3 cm³/mol. The molecule has 2 nitrogen and oxygen atoms in total.